The molecule has 1 unspecified atom stereocenters. The van der Waals surface area contributed by atoms with Crippen molar-refractivity contribution in [3.63, 3.8) is 0 Å². The molecule has 1 aromatic carbocycles. The molecule has 0 saturated carbocycles. The van der Waals surface area contributed by atoms with Crippen LogP contribution in [0.4, 0.5) is 0 Å². The molecule has 0 aliphatic carbocycles. The number of carbonyl (C=O) groups is 2. The summed E-state index contributed by atoms with van der Waals surface area (Å²) in [6, 6.07) is 8.25. The van der Waals surface area contributed by atoms with Crippen LogP contribution in [0.2, 0.25) is 0 Å². The van der Waals surface area contributed by atoms with E-state index in [1.54, 1.807) is 16.7 Å². The van der Waals surface area contributed by atoms with E-state index in [-0.39, 0.29) is 11.8 Å². The third kappa shape index (κ3) is 4.00. The molecule has 1 amide bonds. The SMILES string of the molecule is Cc1cccc(CSCC(=O)N2CCC(C(=O)O)C2)c1. The average molecular weight is 293 g/mol. The predicted molar refractivity (Wildman–Crippen MR) is 79.7 cm³/mol. The van der Waals surface area contributed by atoms with E-state index in [2.05, 4.69) is 25.1 Å². The number of likely N-dealkylation sites (tertiary alicyclic amines) is 1. The van der Waals surface area contributed by atoms with Crippen LogP contribution in [0.15, 0.2) is 24.3 Å². The highest BCUT2D eigenvalue weighted by Gasteiger charge is 2.30. The van der Waals surface area contributed by atoms with Crippen molar-refractivity contribution in [1.82, 2.24) is 4.90 Å². The van der Waals surface area contributed by atoms with Crippen LogP contribution in [0, 0.1) is 12.8 Å². The second kappa shape index (κ2) is 6.79. The van der Waals surface area contributed by atoms with Gasteiger partial charge in [0.05, 0.1) is 11.7 Å². The van der Waals surface area contributed by atoms with Gasteiger partial charge in [0.1, 0.15) is 0 Å². The fourth-order valence-electron chi connectivity index (χ4n) is 2.34. The standard InChI is InChI=1S/C15H19NO3S/c1-11-3-2-4-12(7-11)9-20-10-14(17)16-6-5-13(8-16)15(18)19/h2-4,7,13H,5-6,8-10H2,1H3,(H,18,19). The van der Waals surface area contributed by atoms with E-state index >= 15 is 0 Å². The lowest BCUT2D eigenvalue weighted by Crippen LogP contribution is -2.31. The molecule has 0 radical (unpaired) electrons. The van der Waals surface area contributed by atoms with Crippen molar-refractivity contribution in [3.8, 4) is 0 Å². The van der Waals surface area contributed by atoms with Gasteiger partial charge in [0, 0.05) is 18.8 Å². The van der Waals surface area contributed by atoms with Crippen molar-refractivity contribution in [3.05, 3.63) is 35.4 Å². The smallest absolute Gasteiger partial charge is 0.308 e. The lowest BCUT2D eigenvalue weighted by molar-refractivity contribution is -0.141. The molecule has 1 atom stereocenters. The number of amides is 1. The molecule has 1 aromatic rings. The molecule has 1 aliphatic heterocycles. The van der Waals surface area contributed by atoms with Gasteiger partial charge >= 0.3 is 5.97 Å². The van der Waals surface area contributed by atoms with Crippen molar-refractivity contribution >= 4 is 23.6 Å². The number of hydrogen-bond acceptors (Lipinski definition) is 3. The van der Waals surface area contributed by atoms with Crippen molar-refractivity contribution in [2.45, 2.75) is 19.1 Å². The van der Waals surface area contributed by atoms with Crippen molar-refractivity contribution in [1.29, 1.82) is 0 Å². The van der Waals surface area contributed by atoms with Crippen LogP contribution in [0.5, 0.6) is 0 Å². The molecule has 1 heterocycles. The first-order valence-corrected chi connectivity index (χ1v) is 7.85. The number of aryl methyl sites for hydroxylation is 1. The largest absolute Gasteiger partial charge is 0.481 e. The number of carbonyl (C=O) groups excluding carboxylic acids is 1. The molecular weight excluding hydrogens is 274 g/mol. The van der Waals surface area contributed by atoms with E-state index in [0.717, 1.165) is 5.75 Å². The summed E-state index contributed by atoms with van der Waals surface area (Å²) >= 11 is 1.58. The minimum Gasteiger partial charge on any atom is -0.481 e. The number of carboxylic acid groups (broad SMARTS) is 1. The number of nitrogens with zero attached hydrogens (tertiary/aromatic N) is 1. The second-order valence-corrected chi connectivity index (χ2v) is 6.13. The van der Waals surface area contributed by atoms with E-state index < -0.39 is 5.97 Å². The normalized spacial score (nSPS) is 18.2. The lowest BCUT2D eigenvalue weighted by Gasteiger charge is -2.15. The molecule has 108 valence electrons. The lowest BCUT2D eigenvalue weighted by atomic mass is 10.1. The highest BCUT2D eigenvalue weighted by atomic mass is 32.2. The summed E-state index contributed by atoms with van der Waals surface area (Å²) in [5.41, 5.74) is 2.44. The van der Waals surface area contributed by atoms with Gasteiger partial charge in [-0.15, -0.1) is 11.8 Å². The number of hydrogen-bond donors (Lipinski definition) is 1. The van der Waals surface area contributed by atoms with Crippen LogP contribution in [0.3, 0.4) is 0 Å². The number of thioether (sulfide) groups is 1. The predicted octanol–water partition coefficient (Wildman–Crippen LogP) is 2.16. The maximum Gasteiger partial charge on any atom is 0.308 e. The van der Waals surface area contributed by atoms with E-state index in [1.807, 2.05) is 6.07 Å². The Bertz CT molecular complexity index is 504. The maximum absolute atomic E-state index is 12.0. The van der Waals surface area contributed by atoms with E-state index in [4.69, 9.17) is 5.11 Å². The van der Waals surface area contributed by atoms with E-state index in [9.17, 15) is 9.59 Å². The zero-order chi connectivity index (χ0) is 14.5. The summed E-state index contributed by atoms with van der Waals surface area (Å²) in [5.74, 6) is 0.0871. The molecule has 5 heteroatoms. The second-order valence-electron chi connectivity index (χ2n) is 5.15. The topological polar surface area (TPSA) is 57.6 Å². The third-order valence-electron chi connectivity index (χ3n) is 3.47. The molecule has 2 rings (SSSR count). The highest BCUT2D eigenvalue weighted by Crippen LogP contribution is 2.19. The molecule has 1 fully saturated rings. The van der Waals surface area contributed by atoms with Crippen LogP contribution < -0.4 is 0 Å². The van der Waals surface area contributed by atoms with Gasteiger partial charge in [-0.1, -0.05) is 29.8 Å². The minimum atomic E-state index is -0.798. The van der Waals surface area contributed by atoms with E-state index in [1.165, 1.54) is 11.1 Å². The number of aliphatic carboxylic acids is 1. The third-order valence-corrected chi connectivity index (χ3v) is 4.46. The van der Waals surface area contributed by atoms with Crippen molar-refractivity contribution in [2.75, 3.05) is 18.8 Å². The molecule has 4 nitrogen and oxygen atoms in total. The van der Waals surface area contributed by atoms with E-state index in [0.29, 0.717) is 25.3 Å². The summed E-state index contributed by atoms with van der Waals surface area (Å²) in [4.78, 5) is 24.5. The van der Waals surface area contributed by atoms with Gasteiger partial charge < -0.3 is 10.0 Å². The Hall–Kier alpha value is -1.49. The van der Waals surface area contributed by atoms with Gasteiger partial charge in [0.25, 0.3) is 0 Å². The summed E-state index contributed by atoms with van der Waals surface area (Å²) in [6.07, 6.45) is 0.573. The maximum atomic E-state index is 12.0. The molecule has 1 saturated heterocycles. The fourth-order valence-corrected chi connectivity index (χ4v) is 3.21. The van der Waals surface area contributed by atoms with Crippen LogP contribution in [0.25, 0.3) is 0 Å². The average Bonchev–Trinajstić information content (AvgIpc) is 2.88. The highest BCUT2D eigenvalue weighted by molar-refractivity contribution is 7.99. The van der Waals surface area contributed by atoms with Crippen LogP contribution in [-0.2, 0) is 15.3 Å². The van der Waals surface area contributed by atoms with Crippen LogP contribution in [0.1, 0.15) is 17.5 Å². The number of benzene rings is 1. The van der Waals surface area contributed by atoms with Crippen molar-refractivity contribution < 1.29 is 14.7 Å². The van der Waals surface area contributed by atoms with Crippen molar-refractivity contribution in [2.24, 2.45) is 5.92 Å². The monoisotopic (exact) mass is 293 g/mol. The minimum absolute atomic E-state index is 0.0476. The van der Waals surface area contributed by atoms with Gasteiger partial charge in [0.2, 0.25) is 5.91 Å². The number of rotatable bonds is 5. The first kappa shape index (κ1) is 14.9. The fraction of sp³-hybridized carbons (Fsp3) is 0.467. The Morgan fingerprint density at radius 3 is 2.90 bits per heavy atom. The van der Waals surface area contributed by atoms with Gasteiger partial charge in [-0.3, -0.25) is 9.59 Å². The molecular formula is C15H19NO3S. The summed E-state index contributed by atoms with van der Waals surface area (Å²) in [7, 11) is 0. The molecule has 1 aliphatic rings. The zero-order valence-corrected chi connectivity index (χ0v) is 12.4. The molecule has 1 N–H and O–H groups in total. The molecule has 0 bridgehead atoms. The Balaban J connectivity index is 1.75. The Labute approximate surface area is 123 Å². The van der Waals surface area contributed by atoms with Gasteiger partial charge in [0.15, 0.2) is 0 Å². The summed E-state index contributed by atoms with van der Waals surface area (Å²) in [6.45, 7) is 2.98. The number of carboxylic acids is 1. The van der Waals surface area contributed by atoms with Gasteiger partial charge in [-0.2, -0.15) is 0 Å². The molecule has 0 spiro atoms. The zero-order valence-electron chi connectivity index (χ0n) is 11.5. The molecule has 0 aromatic heterocycles. The first-order valence-electron chi connectivity index (χ1n) is 6.70. The van der Waals surface area contributed by atoms with Gasteiger partial charge in [-0.05, 0) is 18.9 Å². The summed E-state index contributed by atoms with van der Waals surface area (Å²) < 4.78 is 0. The Morgan fingerprint density at radius 2 is 2.25 bits per heavy atom. The molecule has 20 heavy (non-hydrogen) atoms. The van der Waals surface area contributed by atoms with Crippen LogP contribution >= 0.6 is 11.8 Å². The Morgan fingerprint density at radius 1 is 1.45 bits per heavy atom. The summed E-state index contributed by atoms with van der Waals surface area (Å²) in [5, 5.41) is 8.92. The van der Waals surface area contributed by atoms with Gasteiger partial charge in [-0.25, -0.2) is 0 Å². The van der Waals surface area contributed by atoms with Crippen LogP contribution in [-0.4, -0.2) is 40.7 Å². The Kier molecular flexibility index (Phi) is 5.06. The first-order chi connectivity index (χ1) is 9.56. The quantitative estimate of drug-likeness (QED) is 0.904.